The maximum atomic E-state index is 12.4. The summed E-state index contributed by atoms with van der Waals surface area (Å²) in [6.07, 6.45) is 2.08. The number of amides is 2. The van der Waals surface area contributed by atoms with E-state index in [0.717, 1.165) is 11.1 Å². The summed E-state index contributed by atoms with van der Waals surface area (Å²) in [5, 5.41) is 5.47. The van der Waals surface area contributed by atoms with Crippen LogP contribution in [-0.2, 0) is 16.0 Å². The summed E-state index contributed by atoms with van der Waals surface area (Å²) in [5.74, 6) is -1.29. The molecule has 1 heterocycles. The Morgan fingerprint density at radius 1 is 0.765 bits per heavy atom. The van der Waals surface area contributed by atoms with Gasteiger partial charge < -0.3 is 19.8 Å². The molecule has 0 bridgehead atoms. The summed E-state index contributed by atoms with van der Waals surface area (Å²) in [6.45, 7) is -0.421. The number of hydrogen-bond acceptors (Lipinski definition) is 5. The average Bonchev–Trinajstić information content (AvgIpc) is 3.40. The molecule has 0 saturated carbocycles. The molecule has 0 spiro atoms. The molecule has 0 unspecified atom stereocenters. The molecule has 0 fully saturated rings. The minimum Gasteiger partial charge on any atom is -0.459 e. The highest BCUT2D eigenvalue weighted by Crippen LogP contribution is 2.19. The minimum atomic E-state index is -0.642. The van der Waals surface area contributed by atoms with Crippen molar-refractivity contribution in [3.63, 3.8) is 0 Å². The largest absolute Gasteiger partial charge is 0.459 e. The first-order chi connectivity index (χ1) is 16.6. The molecule has 7 heteroatoms. The summed E-state index contributed by atoms with van der Waals surface area (Å²) in [4.78, 5) is 36.7. The van der Waals surface area contributed by atoms with Crippen LogP contribution in [0.4, 0.5) is 11.4 Å². The zero-order chi connectivity index (χ0) is 23.8. The monoisotopic (exact) mass is 454 g/mol. The van der Waals surface area contributed by atoms with Crippen LogP contribution >= 0.6 is 0 Å². The fraction of sp³-hybridized carbons (Fsp3) is 0.0741. The van der Waals surface area contributed by atoms with Gasteiger partial charge >= 0.3 is 5.97 Å². The number of rotatable bonds is 8. The molecule has 34 heavy (non-hydrogen) atoms. The second-order valence-corrected chi connectivity index (χ2v) is 7.45. The fourth-order valence-electron chi connectivity index (χ4n) is 3.30. The molecule has 0 saturated heterocycles. The smallest absolute Gasteiger partial charge is 0.338 e. The fourth-order valence-corrected chi connectivity index (χ4v) is 3.30. The highest BCUT2D eigenvalue weighted by molar-refractivity contribution is 6.02. The number of hydrogen-bond donors (Lipinski definition) is 2. The van der Waals surface area contributed by atoms with E-state index in [1.54, 1.807) is 24.3 Å². The standard InChI is InChI=1S/C27H22N2O5/c30-25(29-23-10-5-4-9-21(23)17-19-7-2-1-3-8-19)18-34-27(32)20-12-14-22(15-13-20)28-26(31)24-11-6-16-33-24/h1-16H,17-18H2,(H,28,31)(H,29,30). The highest BCUT2D eigenvalue weighted by Gasteiger charge is 2.13. The molecule has 3 aromatic carbocycles. The molecule has 4 rings (SSSR count). The lowest BCUT2D eigenvalue weighted by Crippen LogP contribution is -2.21. The summed E-state index contributed by atoms with van der Waals surface area (Å²) in [7, 11) is 0. The quantitative estimate of drug-likeness (QED) is 0.369. The molecule has 0 atom stereocenters. The van der Waals surface area contributed by atoms with E-state index in [4.69, 9.17) is 9.15 Å². The van der Waals surface area contributed by atoms with Gasteiger partial charge in [0.05, 0.1) is 11.8 Å². The molecular weight excluding hydrogens is 432 g/mol. The predicted octanol–water partition coefficient (Wildman–Crippen LogP) is 4.92. The second-order valence-electron chi connectivity index (χ2n) is 7.45. The molecule has 2 amide bonds. The van der Waals surface area contributed by atoms with E-state index in [1.165, 1.54) is 18.4 Å². The Hall–Kier alpha value is -4.65. The van der Waals surface area contributed by atoms with Crippen LogP contribution in [0.2, 0.25) is 0 Å². The van der Waals surface area contributed by atoms with Gasteiger partial charge in [-0.2, -0.15) is 0 Å². The number of benzene rings is 3. The first kappa shape index (κ1) is 22.5. The first-order valence-corrected chi connectivity index (χ1v) is 10.6. The van der Waals surface area contributed by atoms with E-state index in [2.05, 4.69) is 10.6 Å². The van der Waals surface area contributed by atoms with Crippen LogP contribution in [0.15, 0.2) is 102 Å². The molecule has 4 aromatic rings. The molecule has 0 aliphatic carbocycles. The van der Waals surface area contributed by atoms with Crippen LogP contribution in [0.3, 0.4) is 0 Å². The topological polar surface area (TPSA) is 97.6 Å². The zero-order valence-electron chi connectivity index (χ0n) is 18.2. The number of esters is 1. The lowest BCUT2D eigenvalue weighted by atomic mass is 10.0. The number of carbonyl (C=O) groups is 3. The van der Waals surface area contributed by atoms with Crippen LogP contribution in [0.5, 0.6) is 0 Å². The number of furan rings is 1. The van der Waals surface area contributed by atoms with Gasteiger partial charge in [0.25, 0.3) is 11.8 Å². The molecule has 1 aromatic heterocycles. The average molecular weight is 454 g/mol. The van der Waals surface area contributed by atoms with Crippen molar-refractivity contribution in [3.8, 4) is 0 Å². The van der Waals surface area contributed by atoms with Gasteiger partial charge in [0, 0.05) is 11.4 Å². The van der Waals surface area contributed by atoms with E-state index < -0.39 is 24.4 Å². The zero-order valence-corrected chi connectivity index (χ0v) is 18.2. The van der Waals surface area contributed by atoms with Crippen molar-refractivity contribution in [2.45, 2.75) is 6.42 Å². The lowest BCUT2D eigenvalue weighted by molar-refractivity contribution is -0.119. The Kier molecular flexibility index (Phi) is 7.15. The van der Waals surface area contributed by atoms with Crippen molar-refractivity contribution in [2.24, 2.45) is 0 Å². The summed E-state index contributed by atoms with van der Waals surface area (Å²) in [5.41, 5.74) is 3.50. The van der Waals surface area contributed by atoms with Gasteiger partial charge in [-0.3, -0.25) is 9.59 Å². The van der Waals surface area contributed by atoms with Crippen molar-refractivity contribution >= 4 is 29.2 Å². The maximum absolute atomic E-state index is 12.4. The third-order valence-corrected chi connectivity index (χ3v) is 4.99. The Morgan fingerprint density at radius 2 is 1.50 bits per heavy atom. The van der Waals surface area contributed by atoms with E-state index in [-0.39, 0.29) is 11.3 Å². The molecule has 0 aliphatic heterocycles. The maximum Gasteiger partial charge on any atom is 0.338 e. The molecule has 170 valence electrons. The number of nitrogens with one attached hydrogen (secondary N) is 2. The summed E-state index contributed by atoms with van der Waals surface area (Å²) < 4.78 is 10.2. The van der Waals surface area contributed by atoms with Crippen molar-refractivity contribution in [2.75, 3.05) is 17.2 Å². The lowest BCUT2D eigenvalue weighted by Gasteiger charge is -2.12. The van der Waals surface area contributed by atoms with Gasteiger partial charge in [0.1, 0.15) is 0 Å². The first-order valence-electron chi connectivity index (χ1n) is 10.6. The van der Waals surface area contributed by atoms with Gasteiger partial charge in [-0.25, -0.2) is 4.79 Å². The number of ether oxygens (including phenoxy) is 1. The minimum absolute atomic E-state index is 0.180. The van der Waals surface area contributed by atoms with Gasteiger partial charge in [0.2, 0.25) is 0 Å². The predicted molar refractivity (Wildman–Crippen MR) is 128 cm³/mol. The van der Waals surface area contributed by atoms with E-state index in [0.29, 0.717) is 17.8 Å². The number of carbonyl (C=O) groups excluding carboxylic acids is 3. The van der Waals surface area contributed by atoms with Crippen molar-refractivity contribution < 1.29 is 23.5 Å². The summed E-state index contributed by atoms with van der Waals surface area (Å²) >= 11 is 0. The van der Waals surface area contributed by atoms with E-state index >= 15 is 0 Å². The van der Waals surface area contributed by atoms with Gasteiger partial charge in [-0.05, 0) is 60.0 Å². The van der Waals surface area contributed by atoms with Crippen molar-refractivity contribution in [1.82, 2.24) is 0 Å². The molecular formula is C27H22N2O5. The normalized spacial score (nSPS) is 10.4. The van der Waals surface area contributed by atoms with Crippen LogP contribution in [0.25, 0.3) is 0 Å². The van der Waals surface area contributed by atoms with E-state index in [1.807, 2.05) is 54.6 Å². The van der Waals surface area contributed by atoms with Crippen LogP contribution in [-0.4, -0.2) is 24.4 Å². The van der Waals surface area contributed by atoms with Crippen molar-refractivity contribution in [1.29, 1.82) is 0 Å². The second kappa shape index (κ2) is 10.8. The Bertz CT molecular complexity index is 1270. The number of anilines is 2. The number of para-hydroxylation sites is 1. The van der Waals surface area contributed by atoms with E-state index in [9.17, 15) is 14.4 Å². The van der Waals surface area contributed by atoms with Crippen molar-refractivity contribution in [3.05, 3.63) is 120 Å². The highest BCUT2D eigenvalue weighted by atomic mass is 16.5. The van der Waals surface area contributed by atoms with Crippen LogP contribution in [0.1, 0.15) is 32.0 Å². The summed E-state index contributed by atoms with van der Waals surface area (Å²) in [6, 6.07) is 26.8. The third kappa shape index (κ3) is 5.98. The van der Waals surface area contributed by atoms with Crippen LogP contribution < -0.4 is 10.6 Å². The van der Waals surface area contributed by atoms with Gasteiger partial charge in [-0.15, -0.1) is 0 Å². The molecule has 2 N–H and O–H groups in total. The molecule has 7 nitrogen and oxygen atoms in total. The Balaban J connectivity index is 1.29. The Morgan fingerprint density at radius 3 is 2.24 bits per heavy atom. The molecule has 0 aliphatic rings. The molecule has 0 radical (unpaired) electrons. The third-order valence-electron chi connectivity index (χ3n) is 4.99. The SMILES string of the molecule is O=C(COC(=O)c1ccc(NC(=O)c2ccco2)cc1)Nc1ccccc1Cc1ccccc1. The Labute approximate surface area is 196 Å². The van der Waals surface area contributed by atoms with Gasteiger partial charge in [-0.1, -0.05) is 48.5 Å². The van der Waals surface area contributed by atoms with Gasteiger partial charge in [0.15, 0.2) is 12.4 Å². The van der Waals surface area contributed by atoms with Crippen LogP contribution in [0, 0.1) is 0 Å².